The highest BCUT2D eigenvalue weighted by molar-refractivity contribution is 6.30. The van der Waals surface area contributed by atoms with Crippen LogP contribution in [0.4, 0.5) is 11.5 Å². The van der Waals surface area contributed by atoms with Crippen molar-refractivity contribution >= 4 is 46.3 Å². The summed E-state index contributed by atoms with van der Waals surface area (Å²) in [6.45, 7) is 4.08. The topological polar surface area (TPSA) is 46.2 Å². The molecule has 1 fully saturated rings. The predicted molar refractivity (Wildman–Crippen MR) is 115 cm³/mol. The molecule has 0 spiro atoms. The third-order valence-corrected chi connectivity index (χ3v) is 4.97. The normalized spacial score (nSPS) is 14.6. The second kappa shape index (κ2) is 8.79. The zero-order valence-corrected chi connectivity index (χ0v) is 16.7. The smallest absolute Gasteiger partial charge is 0.130 e. The van der Waals surface area contributed by atoms with E-state index in [1.165, 1.54) is 0 Å². The number of halogens is 2. The molecule has 0 bridgehead atoms. The van der Waals surface area contributed by atoms with Crippen molar-refractivity contribution in [3.8, 4) is 5.75 Å². The Kier molecular flexibility index (Phi) is 6.42. The third kappa shape index (κ3) is 4.83. The zero-order chi connectivity index (χ0) is 17.9. The molecule has 27 heavy (non-hydrogen) atoms. The molecule has 0 atom stereocenters. The number of aromatic nitrogens is 1. The number of rotatable bonds is 4. The number of piperidine rings is 1. The number of aryl methyl sites for hydroxylation is 1. The van der Waals surface area contributed by atoms with Crippen molar-refractivity contribution in [2.24, 2.45) is 0 Å². The number of hydrogen-bond donors (Lipinski definition) is 2. The fourth-order valence-electron chi connectivity index (χ4n) is 3.27. The van der Waals surface area contributed by atoms with Crippen LogP contribution in [0.15, 0.2) is 48.7 Å². The van der Waals surface area contributed by atoms with Gasteiger partial charge in [-0.15, -0.1) is 12.4 Å². The Morgan fingerprint density at radius 1 is 1.07 bits per heavy atom. The summed E-state index contributed by atoms with van der Waals surface area (Å²) < 4.78 is 6.16. The Morgan fingerprint density at radius 2 is 1.89 bits per heavy atom. The van der Waals surface area contributed by atoms with Crippen LogP contribution in [0, 0.1) is 6.92 Å². The molecule has 6 heteroatoms. The van der Waals surface area contributed by atoms with Gasteiger partial charge in [0.15, 0.2) is 0 Å². The number of pyridine rings is 1. The van der Waals surface area contributed by atoms with E-state index in [0.717, 1.165) is 64.5 Å². The number of benzene rings is 2. The molecule has 1 aromatic heterocycles. The second-order valence-corrected chi connectivity index (χ2v) is 7.17. The molecule has 1 saturated heterocycles. The Labute approximate surface area is 170 Å². The van der Waals surface area contributed by atoms with Crippen LogP contribution in [0.3, 0.4) is 0 Å². The molecule has 0 unspecified atom stereocenters. The lowest BCUT2D eigenvalue weighted by Gasteiger charge is -2.24. The van der Waals surface area contributed by atoms with Crippen LogP contribution < -0.4 is 15.4 Å². The Balaban J connectivity index is 0.00000210. The zero-order valence-electron chi connectivity index (χ0n) is 15.2. The molecule has 0 radical (unpaired) electrons. The molecule has 1 aliphatic heterocycles. The number of nitrogens with one attached hydrogen (secondary N) is 2. The summed E-state index contributed by atoms with van der Waals surface area (Å²) in [6, 6.07) is 14.0. The summed E-state index contributed by atoms with van der Waals surface area (Å²) in [6.07, 6.45) is 4.29. The van der Waals surface area contributed by atoms with Crippen LogP contribution in [0.25, 0.3) is 10.8 Å². The number of anilines is 2. The van der Waals surface area contributed by atoms with Gasteiger partial charge >= 0.3 is 0 Å². The molecule has 4 rings (SSSR count). The van der Waals surface area contributed by atoms with E-state index in [4.69, 9.17) is 16.3 Å². The first-order valence-corrected chi connectivity index (χ1v) is 9.35. The van der Waals surface area contributed by atoms with Gasteiger partial charge in [-0.2, -0.15) is 0 Å². The van der Waals surface area contributed by atoms with E-state index in [1.54, 1.807) is 0 Å². The number of ether oxygens (including phenoxy) is 1. The summed E-state index contributed by atoms with van der Waals surface area (Å²) in [5, 5.41) is 9.68. The van der Waals surface area contributed by atoms with Crippen LogP contribution in [-0.2, 0) is 0 Å². The quantitative estimate of drug-likeness (QED) is 0.604. The minimum Gasteiger partial charge on any atom is -0.490 e. The summed E-state index contributed by atoms with van der Waals surface area (Å²) in [5.41, 5.74) is 2.09. The van der Waals surface area contributed by atoms with Crippen molar-refractivity contribution < 1.29 is 4.74 Å². The van der Waals surface area contributed by atoms with E-state index in [9.17, 15) is 0 Å². The van der Waals surface area contributed by atoms with Gasteiger partial charge in [0.25, 0.3) is 0 Å². The van der Waals surface area contributed by atoms with Crippen molar-refractivity contribution in [1.82, 2.24) is 10.3 Å². The molecule has 1 aliphatic rings. The molecule has 0 amide bonds. The first-order chi connectivity index (χ1) is 12.7. The van der Waals surface area contributed by atoms with Gasteiger partial charge in [-0.3, -0.25) is 0 Å². The number of fused-ring (bicyclic) bond motifs is 1. The predicted octanol–water partition coefficient (Wildman–Crippen LogP) is 5.49. The maximum atomic E-state index is 6.16. The summed E-state index contributed by atoms with van der Waals surface area (Å²) in [5.74, 6) is 1.73. The molecule has 2 aromatic carbocycles. The lowest BCUT2D eigenvalue weighted by atomic mass is 10.1. The van der Waals surface area contributed by atoms with Gasteiger partial charge in [-0.25, -0.2) is 4.98 Å². The molecule has 0 aliphatic carbocycles. The maximum Gasteiger partial charge on any atom is 0.130 e. The second-order valence-electron chi connectivity index (χ2n) is 6.73. The highest BCUT2D eigenvalue weighted by Crippen LogP contribution is 2.27. The minimum absolute atomic E-state index is 0. The van der Waals surface area contributed by atoms with Crippen molar-refractivity contribution in [2.75, 3.05) is 18.4 Å². The monoisotopic (exact) mass is 403 g/mol. The van der Waals surface area contributed by atoms with Crippen LogP contribution >= 0.6 is 24.0 Å². The lowest BCUT2D eigenvalue weighted by Crippen LogP contribution is -2.34. The molecule has 2 N–H and O–H groups in total. The van der Waals surface area contributed by atoms with Crippen molar-refractivity contribution in [2.45, 2.75) is 25.9 Å². The van der Waals surface area contributed by atoms with Gasteiger partial charge in [0.05, 0.1) is 0 Å². The fourth-order valence-corrected chi connectivity index (χ4v) is 3.50. The Morgan fingerprint density at radius 3 is 2.67 bits per heavy atom. The van der Waals surface area contributed by atoms with E-state index in [2.05, 4.69) is 33.8 Å². The molecule has 0 saturated carbocycles. The highest BCUT2D eigenvalue weighted by Gasteiger charge is 2.14. The fraction of sp³-hybridized carbons (Fsp3) is 0.286. The van der Waals surface area contributed by atoms with Gasteiger partial charge in [0.1, 0.15) is 17.7 Å². The van der Waals surface area contributed by atoms with Crippen LogP contribution in [0.5, 0.6) is 5.75 Å². The van der Waals surface area contributed by atoms with Gasteiger partial charge in [-0.05, 0) is 86.3 Å². The van der Waals surface area contributed by atoms with Gasteiger partial charge in [0.2, 0.25) is 0 Å². The first kappa shape index (κ1) is 19.7. The van der Waals surface area contributed by atoms with E-state index in [1.807, 2.05) is 37.4 Å². The molecular formula is C21H23Cl2N3O. The minimum atomic E-state index is 0. The van der Waals surface area contributed by atoms with Crippen LogP contribution in [-0.4, -0.2) is 24.2 Å². The molecular weight excluding hydrogens is 381 g/mol. The highest BCUT2D eigenvalue weighted by atomic mass is 35.5. The van der Waals surface area contributed by atoms with E-state index < -0.39 is 0 Å². The lowest BCUT2D eigenvalue weighted by molar-refractivity contribution is 0.162. The molecule has 3 aromatic rings. The average molecular weight is 404 g/mol. The molecule has 4 nitrogen and oxygen atoms in total. The van der Waals surface area contributed by atoms with Gasteiger partial charge < -0.3 is 15.4 Å². The van der Waals surface area contributed by atoms with E-state index >= 15 is 0 Å². The maximum absolute atomic E-state index is 6.16. The van der Waals surface area contributed by atoms with Gasteiger partial charge in [-0.1, -0.05) is 11.6 Å². The summed E-state index contributed by atoms with van der Waals surface area (Å²) >= 11 is 6.03. The summed E-state index contributed by atoms with van der Waals surface area (Å²) in [4.78, 5) is 4.52. The average Bonchev–Trinajstić information content (AvgIpc) is 2.65. The Bertz CT molecular complexity index is 926. The number of nitrogens with zero attached hydrogens (tertiary/aromatic N) is 1. The van der Waals surface area contributed by atoms with E-state index in [0.29, 0.717) is 6.10 Å². The van der Waals surface area contributed by atoms with Crippen LogP contribution in [0.2, 0.25) is 5.02 Å². The molecule has 2 heterocycles. The van der Waals surface area contributed by atoms with Crippen LogP contribution in [0.1, 0.15) is 18.4 Å². The number of hydrogen-bond acceptors (Lipinski definition) is 4. The van der Waals surface area contributed by atoms with Crippen molar-refractivity contribution in [3.63, 3.8) is 0 Å². The first-order valence-electron chi connectivity index (χ1n) is 8.98. The summed E-state index contributed by atoms with van der Waals surface area (Å²) in [7, 11) is 0. The van der Waals surface area contributed by atoms with Gasteiger partial charge in [0, 0.05) is 22.3 Å². The largest absolute Gasteiger partial charge is 0.490 e. The standard InChI is InChI=1S/C21H22ClN3O.ClH/c1-14-10-17(22)3-5-20(14)25-21-12-16-11-19(4-2-15(16)13-24-21)26-18-6-8-23-9-7-18;/h2-5,10-13,18,23H,6-9H2,1H3,(H,24,25);1H. The SMILES string of the molecule is Cc1cc(Cl)ccc1Nc1cc2cc(OC3CCNCC3)ccc2cn1.Cl. The third-order valence-electron chi connectivity index (χ3n) is 4.73. The van der Waals surface area contributed by atoms with E-state index in [-0.39, 0.29) is 12.4 Å². The Hall–Kier alpha value is -2.01. The van der Waals surface area contributed by atoms with Crippen molar-refractivity contribution in [3.05, 3.63) is 59.2 Å². The van der Waals surface area contributed by atoms with Crippen molar-refractivity contribution in [1.29, 1.82) is 0 Å². The molecule has 142 valence electrons.